The summed E-state index contributed by atoms with van der Waals surface area (Å²) in [6, 6.07) is 80.5. The summed E-state index contributed by atoms with van der Waals surface area (Å²) in [6.07, 6.45) is 0. The Kier molecular flexibility index (Phi) is 8.19. The SMILES string of the molecule is c1ccc(-c2ccc(-c3ccc(N(c4ccc(-c5cccc6c5oc5c(-c7ccccc7)cccc56)cc4)c4ccc5c(ccc6ccccc65)c4)cc3)cc2)cc1. The van der Waals surface area contributed by atoms with Crippen molar-refractivity contribution in [3.63, 3.8) is 0 Å². The molecule has 0 N–H and O–H groups in total. The highest BCUT2D eigenvalue weighted by Crippen LogP contribution is 2.42. The molecular formula is C56H37NO. The lowest BCUT2D eigenvalue weighted by molar-refractivity contribution is 0.671. The van der Waals surface area contributed by atoms with E-state index in [0.29, 0.717) is 0 Å². The van der Waals surface area contributed by atoms with Gasteiger partial charge in [-0.25, -0.2) is 0 Å². The van der Waals surface area contributed by atoms with Crippen molar-refractivity contribution in [1.82, 2.24) is 0 Å². The van der Waals surface area contributed by atoms with Crippen LogP contribution in [0.15, 0.2) is 229 Å². The molecule has 0 spiro atoms. The van der Waals surface area contributed by atoms with Gasteiger partial charge in [0.05, 0.1) is 0 Å². The molecule has 58 heavy (non-hydrogen) atoms. The van der Waals surface area contributed by atoms with E-state index in [1.54, 1.807) is 0 Å². The van der Waals surface area contributed by atoms with E-state index >= 15 is 0 Å². The van der Waals surface area contributed by atoms with Crippen LogP contribution in [0.3, 0.4) is 0 Å². The summed E-state index contributed by atoms with van der Waals surface area (Å²) in [5, 5.41) is 7.22. The topological polar surface area (TPSA) is 16.4 Å². The Balaban J connectivity index is 0.990. The number of fused-ring (bicyclic) bond motifs is 6. The first-order valence-corrected chi connectivity index (χ1v) is 19.8. The first kappa shape index (κ1) is 33.6. The lowest BCUT2D eigenvalue weighted by Crippen LogP contribution is -2.09. The first-order chi connectivity index (χ1) is 28.7. The quantitative estimate of drug-likeness (QED) is 0.151. The van der Waals surface area contributed by atoms with Crippen molar-refractivity contribution in [2.24, 2.45) is 0 Å². The van der Waals surface area contributed by atoms with Gasteiger partial charge in [0.2, 0.25) is 0 Å². The largest absolute Gasteiger partial charge is 0.455 e. The summed E-state index contributed by atoms with van der Waals surface area (Å²) in [5.41, 5.74) is 14.3. The number of hydrogen-bond donors (Lipinski definition) is 0. The summed E-state index contributed by atoms with van der Waals surface area (Å²) < 4.78 is 6.78. The molecule has 11 aromatic rings. The fourth-order valence-corrected chi connectivity index (χ4v) is 8.56. The summed E-state index contributed by atoms with van der Waals surface area (Å²) in [6.45, 7) is 0. The van der Waals surface area contributed by atoms with E-state index in [-0.39, 0.29) is 0 Å². The minimum absolute atomic E-state index is 0.902. The number of para-hydroxylation sites is 2. The Hall–Kier alpha value is -7.68. The van der Waals surface area contributed by atoms with Crippen molar-refractivity contribution in [1.29, 1.82) is 0 Å². The maximum Gasteiger partial charge on any atom is 0.143 e. The average molecular weight is 740 g/mol. The smallest absolute Gasteiger partial charge is 0.143 e. The Morgan fingerprint density at radius 3 is 1.28 bits per heavy atom. The zero-order valence-electron chi connectivity index (χ0n) is 31.7. The molecule has 2 heteroatoms. The van der Waals surface area contributed by atoms with E-state index in [1.165, 1.54) is 43.8 Å². The highest BCUT2D eigenvalue weighted by molar-refractivity contribution is 6.13. The number of benzene rings is 10. The van der Waals surface area contributed by atoms with E-state index in [4.69, 9.17) is 4.42 Å². The normalized spacial score (nSPS) is 11.4. The molecule has 272 valence electrons. The lowest BCUT2D eigenvalue weighted by atomic mass is 9.99. The van der Waals surface area contributed by atoms with Gasteiger partial charge in [0.25, 0.3) is 0 Å². The molecule has 2 nitrogen and oxygen atoms in total. The van der Waals surface area contributed by atoms with Gasteiger partial charge in [-0.2, -0.15) is 0 Å². The second kappa shape index (κ2) is 14.1. The minimum Gasteiger partial charge on any atom is -0.455 e. The van der Waals surface area contributed by atoms with Crippen LogP contribution in [0.25, 0.3) is 88.0 Å². The van der Waals surface area contributed by atoms with Gasteiger partial charge >= 0.3 is 0 Å². The third kappa shape index (κ3) is 5.91. The third-order valence-electron chi connectivity index (χ3n) is 11.5. The predicted molar refractivity (Wildman–Crippen MR) is 245 cm³/mol. The second-order valence-electron chi connectivity index (χ2n) is 14.9. The molecule has 1 heterocycles. The minimum atomic E-state index is 0.902. The van der Waals surface area contributed by atoms with Crippen LogP contribution < -0.4 is 4.90 Å². The molecule has 0 aliphatic rings. The molecule has 0 amide bonds. The zero-order valence-corrected chi connectivity index (χ0v) is 31.7. The Bertz CT molecular complexity index is 3240. The highest BCUT2D eigenvalue weighted by Gasteiger charge is 2.18. The van der Waals surface area contributed by atoms with Crippen LogP contribution >= 0.6 is 0 Å². The van der Waals surface area contributed by atoms with Crippen molar-refractivity contribution < 1.29 is 4.42 Å². The molecule has 0 aliphatic carbocycles. The Morgan fingerprint density at radius 1 is 0.259 bits per heavy atom. The lowest BCUT2D eigenvalue weighted by Gasteiger charge is -2.26. The molecule has 0 aliphatic heterocycles. The monoisotopic (exact) mass is 739 g/mol. The van der Waals surface area contributed by atoms with Gasteiger partial charge in [-0.1, -0.05) is 188 Å². The number of anilines is 3. The molecule has 0 unspecified atom stereocenters. The predicted octanol–water partition coefficient (Wildman–Crippen LogP) is 16.0. The standard InChI is InChI=1S/C56H37NO/c1-3-11-38(12-4-1)39-21-23-40(24-22-39)41-27-31-46(32-28-41)57(48-35-36-50-45(37-48)26-25-43-15-7-8-16-49(43)50)47-33-29-44(30-34-47)52-18-10-20-54-53-19-9-17-51(55(53)58-56(52)54)42-13-5-2-6-14-42/h1-37H. The molecular weight excluding hydrogens is 703 g/mol. The number of furan rings is 1. The van der Waals surface area contributed by atoms with Gasteiger partial charge in [0, 0.05) is 39.0 Å². The molecule has 11 rings (SSSR count). The van der Waals surface area contributed by atoms with Crippen LogP contribution in [0.2, 0.25) is 0 Å². The molecule has 0 saturated heterocycles. The molecule has 0 saturated carbocycles. The average Bonchev–Trinajstić information content (AvgIpc) is 3.70. The molecule has 0 fully saturated rings. The van der Waals surface area contributed by atoms with Gasteiger partial charge in [0.15, 0.2) is 0 Å². The Morgan fingerprint density at radius 2 is 0.672 bits per heavy atom. The van der Waals surface area contributed by atoms with Crippen molar-refractivity contribution in [3.8, 4) is 44.5 Å². The van der Waals surface area contributed by atoms with Crippen molar-refractivity contribution in [3.05, 3.63) is 224 Å². The van der Waals surface area contributed by atoms with E-state index < -0.39 is 0 Å². The van der Waals surface area contributed by atoms with Crippen LogP contribution in [-0.2, 0) is 0 Å². The zero-order chi connectivity index (χ0) is 38.4. The van der Waals surface area contributed by atoms with Crippen LogP contribution in [0.4, 0.5) is 17.1 Å². The van der Waals surface area contributed by atoms with Crippen LogP contribution in [0.5, 0.6) is 0 Å². The second-order valence-corrected chi connectivity index (χ2v) is 14.9. The van der Waals surface area contributed by atoms with Crippen LogP contribution in [-0.4, -0.2) is 0 Å². The number of hydrogen-bond acceptors (Lipinski definition) is 2. The van der Waals surface area contributed by atoms with Gasteiger partial charge < -0.3 is 9.32 Å². The molecule has 0 radical (unpaired) electrons. The van der Waals surface area contributed by atoms with Crippen molar-refractivity contribution >= 4 is 60.5 Å². The molecule has 0 bridgehead atoms. The Labute approximate surface area is 337 Å². The van der Waals surface area contributed by atoms with Gasteiger partial charge in [0.1, 0.15) is 11.2 Å². The van der Waals surface area contributed by atoms with E-state index in [1.807, 2.05) is 6.07 Å². The highest BCUT2D eigenvalue weighted by atomic mass is 16.3. The van der Waals surface area contributed by atoms with E-state index in [9.17, 15) is 0 Å². The molecule has 1 aromatic heterocycles. The van der Waals surface area contributed by atoms with Gasteiger partial charge in [-0.15, -0.1) is 0 Å². The first-order valence-electron chi connectivity index (χ1n) is 19.8. The fourth-order valence-electron chi connectivity index (χ4n) is 8.56. The van der Waals surface area contributed by atoms with Crippen LogP contribution in [0.1, 0.15) is 0 Å². The van der Waals surface area contributed by atoms with Crippen molar-refractivity contribution in [2.45, 2.75) is 0 Å². The van der Waals surface area contributed by atoms with Crippen LogP contribution in [0, 0.1) is 0 Å². The van der Waals surface area contributed by atoms with E-state index in [2.05, 4.69) is 223 Å². The molecule has 10 aromatic carbocycles. The van der Waals surface area contributed by atoms with E-state index in [0.717, 1.165) is 61.3 Å². The third-order valence-corrected chi connectivity index (χ3v) is 11.5. The maximum absolute atomic E-state index is 6.78. The van der Waals surface area contributed by atoms with Crippen molar-refractivity contribution in [2.75, 3.05) is 4.90 Å². The summed E-state index contributed by atoms with van der Waals surface area (Å²) in [5.74, 6) is 0. The van der Waals surface area contributed by atoms with Gasteiger partial charge in [-0.3, -0.25) is 0 Å². The summed E-state index contributed by atoms with van der Waals surface area (Å²) in [4.78, 5) is 2.36. The number of rotatable bonds is 7. The molecule has 0 atom stereocenters. The fraction of sp³-hybridized carbons (Fsp3) is 0. The van der Waals surface area contributed by atoms with Gasteiger partial charge in [-0.05, 0) is 91.3 Å². The summed E-state index contributed by atoms with van der Waals surface area (Å²) >= 11 is 0. The number of nitrogens with zero attached hydrogens (tertiary/aromatic N) is 1. The summed E-state index contributed by atoms with van der Waals surface area (Å²) in [7, 11) is 0. The maximum atomic E-state index is 6.78.